The number of sulfone groups is 1. The summed E-state index contributed by atoms with van der Waals surface area (Å²) in [4.78, 5) is 23.3. The Morgan fingerprint density at radius 1 is 1.29 bits per heavy atom. The molecule has 3 rings (SSSR count). The Balaban J connectivity index is 1.68. The largest absolute Gasteiger partial charge is 0.497 e. The molecule has 1 heterocycles. The first-order valence-corrected chi connectivity index (χ1v) is 10.2. The number of methoxy groups -OCH3 is 1. The van der Waals surface area contributed by atoms with Crippen LogP contribution >= 0.6 is 11.6 Å². The van der Waals surface area contributed by atoms with Crippen molar-refractivity contribution in [2.45, 2.75) is 11.3 Å². The lowest BCUT2D eigenvalue weighted by Gasteiger charge is -2.19. The van der Waals surface area contributed by atoms with Gasteiger partial charge in [0.05, 0.1) is 28.5 Å². The molecule has 0 aliphatic carbocycles. The molecule has 0 spiro atoms. The molecular weight excluding hydrogens is 408 g/mol. The lowest BCUT2D eigenvalue weighted by molar-refractivity contribution is -0.118. The summed E-state index contributed by atoms with van der Waals surface area (Å²) in [5, 5.41) is 5.12. The van der Waals surface area contributed by atoms with Gasteiger partial charge >= 0.3 is 0 Å². The van der Waals surface area contributed by atoms with Gasteiger partial charge in [-0.1, -0.05) is 11.6 Å². The number of nitrogens with one attached hydrogen (secondary N) is 2. The van der Waals surface area contributed by atoms with Crippen LogP contribution in [0, 0.1) is 0 Å². The van der Waals surface area contributed by atoms with E-state index in [4.69, 9.17) is 21.1 Å². The standard InChI is InChI=1S/C18H17ClN2O6S/c1-26-12-4-2-11(3-5-12)20-17(22)6-7-28(24,25)16-9-15-14(8-13(16)19)21-18(23)10-27-15/h2-5,8-9H,6-7,10H2,1H3,(H,20,22)(H,21,23). The number of hydrogen-bond donors (Lipinski definition) is 2. The summed E-state index contributed by atoms with van der Waals surface area (Å²) >= 11 is 6.07. The molecule has 0 fully saturated rings. The summed E-state index contributed by atoms with van der Waals surface area (Å²) in [5.41, 5.74) is 0.830. The van der Waals surface area contributed by atoms with Crippen LogP contribution in [0.4, 0.5) is 11.4 Å². The van der Waals surface area contributed by atoms with E-state index in [1.54, 1.807) is 24.3 Å². The summed E-state index contributed by atoms with van der Waals surface area (Å²) in [6.45, 7) is -0.210. The van der Waals surface area contributed by atoms with E-state index in [0.717, 1.165) is 0 Å². The second-order valence-corrected chi connectivity index (χ2v) is 8.45. The fourth-order valence-corrected chi connectivity index (χ4v) is 4.39. The third-order valence-corrected chi connectivity index (χ3v) is 6.15. The number of hydrogen-bond acceptors (Lipinski definition) is 6. The number of benzene rings is 2. The molecule has 0 bridgehead atoms. The molecule has 2 amide bonds. The number of carbonyl (C=O) groups is 2. The highest BCUT2D eigenvalue weighted by Crippen LogP contribution is 2.36. The molecule has 0 saturated carbocycles. The van der Waals surface area contributed by atoms with Gasteiger partial charge < -0.3 is 20.1 Å². The monoisotopic (exact) mass is 424 g/mol. The second kappa shape index (κ2) is 8.07. The molecule has 8 nitrogen and oxygen atoms in total. The smallest absolute Gasteiger partial charge is 0.262 e. The first kappa shape index (κ1) is 20.0. The van der Waals surface area contributed by atoms with Crippen molar-refractivity contribution in [2.75, 3.05) is 30.1 Å². The molecule has 28 heavy (non-hydrogen) atoms. The number of rotatable bonds is 6. The Labute approximate surface area is 166 Å². The zero-order valence-corrected chi connectivity index (χ0v) is 16.4. The minimum atomic E-state index is -3.84. The summed E-state index contributed by atoms with van der Waals surface area (Å²) in [7, 11) is -2.31. The normalized spacial score (nSPS) is 13.1. The maximum absolute atomic E-state index is 12.6. The molecule has 0 saturated heterocycles. The van der Waals surface area contributed by atoms with Crippen molar-refractivity contribution in [1.82, 2.24) is 0 Å². The number of halogens is 1. The Bertz CT molecular complexity index is 1020. The molecule has 1 aliphatic heterocycles. The van der Waals surface area contributed by atoms with Gasteiger partial charge in [0.2, 0.25) is 5.91 Å². The molecule has 0 unspecified atom stereocenters. The second-order valence-electron chi connectivity index (χ2n) is 5.96. The zero-order valence-electron chi connectivity index (χ0n) is 14.8. The molecule has 1 aliphatic rings. The summed E-state index contributed by atoms with van der Waals surface area (Å²) < 4.78 is 35.5. The predicted octanol–water partition coefficient (Wildman–Crippen LogP) is 2.48. The van der Waals surface area contributed by atoms with Crippen molar-refractivity contribution in [3.63, 3.8) is 0 Å². The van der Waals surface area contributed by atoms with Crippen LogP contribution in [-0.4, -0.2) is 39.7 Å². The molecule has 10 heteroatoms. The van der Waals surface area contributed by atoms with E-state index >= 15 is 0 Å². The molecule has 2 aromatic carbocycles. The van der Waals surface area contributed by atoms with Gasteiger partial charge in [-0.05, 0) is 30.3 Å². The lowest BCUT2D eigenvalue weighted by atomic mass is 10.2. The Kier molecular flexibility index (Phi) is 5.76. The number of fused-ring (bicyclic) bond motifs is 1. The summed E-state index contributed by atoms with van der Waals surface area (Å²) in [5.74, 6) is -0.383. The predicted molar refractivity (Wildman–Crippen MR) is 104 cm³/mol. The van der Waals surface area contributed by atoms with Crippen molar-refractivity contribution in [3.05, 3.63) is 41.4 Å². The van der Waals surface area contributed by atoms with Crippen LogP contribution in [0.1, 0.15) is 6.42 Å². The van der Waals surface area contributed by atoms with Gasteiger partial charge in [0.1, 0.15) is 11.5 Å². The average Bonchev–Trinajstić information content (AvgIpc) is 2.66. The van der Waals surface area contributed by atoms with E-state index in [1.807, 2.05) is 0 Å². The van der Waals surface area contributed by atoms with E-state index in [9.17, 15) is 18.0 Å². The SMILES string of the molecule is COc1ccc(NC(=O)CCS(=O)(=O)c2cc3c(cc2Cl)NC(=O)CO3)cc1. The topological polar surface area (TPSA) is 111 Å². The van der Waals surface area contributed by atoms with Crippen LogP contribution in [0.15, 0.2) is 41.3 Å². The Hall–Kier alpha value is -2.78. The summed E-state index contributed by atoms with van der Waals surface area (Å²) in [6, 6.07) is 9.23. The minimum Gasteiger partial charge on any atom is -0.497 e. The Morgan fingerprint density at radius 2 is 2.00 bits per heavy atom. The van der Waals surface area contributed by atoms with E-state index in [0.29, 0.717) is 17.1 Å². The molecule has 0 atom stereocenters. The van der Waals surface area contributed by atoms with Gasteiger partial charge in [0.25, 0.3) is 5.91 Å². The van der Waals surface area contributed by atoms with Crippen LogP contribution in [0.2, 0.25) is 5.02 Å². The lowest BCUT2D eigenvalue weighted by Crippen LogP contribution is -2.25. The van der Waals surface area contributed by atoms with E-state index in [2.05, 4.69) is 10.6 Å². The Morgan fingerprint density at radius 3 is 2.68 bits per heavy atom. The van der Waals surface area contributed by atoms with Crippen LogP contribution in [0.5, 0.6) is 11.5 Å². The maximum atomic E-state index is 12.6. The average molecular weight is 425 g/mol. The van der Waals surface area contributed by atoms with E-state index in [-0.39, 0.29) is 34.6 Å². The van der Waals surface area contributed by atoms with Crippen LogP contribution in [-0.2, 0) is 19.4 Å². The molecular formula is C18H17ClN2O6S. The van der Waals surface area contributed by atoms with Crippen molar-refractivity contribution >= 4 is 44.6 Å². The van der Waals surface area contributed by atoms with Crippen molar-refractivity contribution in [3.8, 4) is 11.5 Å². The van der Waals surface area contributed by atoms with Crippen LogP contribution in [0.25, 0.3) is 0 Å². The number of amides is 2. The van der Waals surface area contributed by atoms with Crippen LogP contribution in [0.3, 0.4) is 0 Å². The molecule has 148 valence electrons. The van der Waals surface area contributed by atoms with Gasteiger partial charge in [0.15, 0.2) is 16.4 Å². The van der Waals surface area contributed by atoms with Crippen molar-refractivity contribution < 1.29 is 27.5 Å². The maximum Gasteiger partial charge on any atom is 0.262 e. The first-order chi connectivity index (χ1) is 13.3. The van der Waals surface area contributed by atoms with Crippen molar-refractivity contribution in [1.29, 1.82) is 0 Å². The zero-order chi connectivity index (χ0) is 20.3. The van der Waals surface area contributed by atoms with Gasteiger partial charge in [-0.3, -0.25) is 9.59 Å². The molecule has 2 N–H and O–H groups in total. The van der Waals surface area contributed by atoms with Gasteiger partial charge in [-0.2, -0.15) is 0 Å². The van der Waals surface area contributed by atoms with Gasteiger partial charge in [-0.15, -0.1) is 0 Å². The third-order valence-electron chi connectivity index (χ3n) is 3.97. The minimum absolute atomic E-state index is 0.0555. The molecule has 0 radical (unpaired) electrons. The third kappa shape index (κ3) is 4.55. The molecule has 0 aromatic heterocycles. The quantitative estimate of drug-likeness (QED) is 0.737. The van der Waals surface area contributed by atoms with Crippen LogP contribution < -0.4 is 20.1 Å². The number of anilines is 2. The van der Waals surface area contributed by atoms with E-state index < -0.39 is 21.5 Å². The fourth-order valence-electron chi connectivity index (χ4n) is 2.55. The highest BCUT2D eigenvalue weighted by Gasteiger charge is 2.25. The molecule has 2 aromatic rings. The van der Waals surface area contributed by atoms with Crippen molar-refractivity contribution in [2.24, 2.45) is 0 Å². The first-order valence-electron chi connectivity index (χ1n) is 8.21. The number of ether oxygens (including phenoxy) is 2. The van der Waals surface area contributed by atoms with Gasteiger partial charge in [-0.25, -0.2) is 8.42 Å². The van der Waals surface area contributed by atoms with Gasteiger partial charge in [0, 0.05) is 18.2 Å². The highest BCUT2D eigenvalue weighted by atomic mass is 35.5. The highest BCUT2D eigenvalue weighted by molar-refractivity contribution is 7.91. The number of carbonyl (C=O) groups excluding carboxylic acids is 2. The summed E-state index contributed by atoms with van der Waals surface area (Å²) in [6.07, 6.45) is -0.251. The van der Waals surface area contributed by atoms with E-state index in [1.165, 1.54) is 19.2 Å². The fraction of sp³-hybridized carbons (Fsp3) is 0.222.